The fourth-order valence-corrected chi connectivity index (χ4v) is 2.10. The number of nitrogens with one attached hydrogen (secondary N) is 1. The molecule has 4 heteroatoms. The Kier molecular flexibility index (Phi) is 2.19. The molecule has 1 aromatic carbocycles. The molecule has 0 aliphatic carbocycles. The van der Waals surface area contributed by atoms with Crippen LogP contribution < -0.4 is 0 Å². The fourth-order valence-electron chi connectivity index (χ4n) is 1.30. The van der Waals surface area contributed by atoms with E-state index in [-0.39, 0.29) is 0 Å². The molecule has 1 N–H and O–H groups in total. The van der Waals surface area contributed by atoms with E-state index in [0.29, 0.717) is 6.42 Å². The van der Waals surface area contributed by atoms with Gasteiger partial charge in [0.15, 0.2) is 0 Å². The van der Waals surface area contributed by atoms with Gasteiger partial charge in [0.05, 0.1) is 23.7 Å². The van der Waals surface area contributed by atoms with Gasteiger partial charge >= 0.3 is 0 Å². The second kappa shape index (κ2) is 3.34. The molecule has 0 aliphatic heterocycles. The van der Waals surface area contributed by atoms with Gasteiger partial charge in [-0.1, -0.05) is 6.07 Å². The summed E-state index contributed by atoms with van der Waals surface area (Å²) in [4.78, 5) is 0. The predicted octanol–water partition coefficient (Wildman–Crippen LogP) is 2.23. The third-order valence-electron chi connectivity index (χ3n) is 1.86. The predicted molar refractivity (Wildman–Crippen MR) is 58.1 cm³/mol. The Morgan fingerprint density at radius 1 is 1.54 bits per heavy atom. The summed E-state index contributed by atoms with van der Waals surface area (Å²) in [5.41, 5.74) is 1.83. The van der Waals surface area contributed by atoms with Crippen molar-refractivity contribution < 1.29 is 0 Å². The molecule has 1 aromatic heterocycles. The lowest BCUT2D eigenvalue weighted by molar-refractivity contribution is 1.03. The molecule has 0 atom stereocenters. The summed E-state index contributed by atoms with van der Waals surface area (Å²) in [7, 11) is 0. The molecular weight excluding hydrogens is 277 g/mol. The van der Waals surface area contributed by atoms with Crippen LogP contribution >= 0.6 is 22.6 Å². The summed E-state index contributed by atoms with van der Waals surface area (Å²) in [6.45, 7) is 0. The van der Waals surface area contributed by atoms with Crippen molar-refractivity contribution in [2.45, 2.75) is 6.42 Å². The van der Waals surface area contributed by atoms with Crippen LogP contribution in [0.1, 0.15) is 5.69 Å². The Morgan fingerprint density at radius 3 is 3.15 bits per heavy atom. The quantitative estimate of drug-likeness (QED) is 0.816. The van der Waals surface area contributed by atoms with Gasteiger partial charge < -0.3 is 0 Å². The smallest absolute Gasteiger partial charge is 0.0934 e. The van der Waals surface area contributed by atoms with Gasteiger partial charge in [-0.15, -0.1) is 0 Å². The van der Waals surface area contributed by atoms with Crippen molar-refractivity contribution in [3.8, 4) is 6.07 Å². The maximum Gasteiger partial charge on any atom is 0.0934 e. The summed E-state index contributed by atoms with van der Waals surface area (Å²) in [6.07, 6.45) is 0.385. The van der Waals surface area contributed by atoms with Gasteiger partial charge in [-0.2, -0.15) is 10.4 Å². The zero-order valence-corrected chi connectivity index (χ0v) is 8.87. The first-order valence-corrected chi connectivity index (χ1v) is 4.89. The minimum atomic E-state index is 0.385. The maximum atomic E-state index is 8.59. The summed E-state index contributed by atoms with van der Waals surface area (Å²) in [5, 5.41) is 16.7. The van der Waals surface area contributed by atoms with Crippen molar-refractivity contribution in [3.63, 3.8) is 0 Å². The molecule has 0 unspecified atom stereocenters. The molecule has 2 rings (SSSR count). The van der Waals surface area contributed by atoms with Gasteiger partial charge in [0, 0.05) is 8.96 Å². The summed E-state index contributed by atoms with van der Waals surface area (Å²) in [6, 6.07) is 8.03. The molecule has 64 valence electrons. The molecule has 2 aromatic rings. The molecule has 0 saturated heterocycles. The Hall–Kier alpha value is -1.09. The molecule has 0 spiro atoms. The minimum Gasteiger partial charge on any atom is -0.280 e. The Balaban J connectivity index is 2.73. The van der Waals surface area contributed by atoms with E-state index in [2.05, 4.69) is 38.9 Å². The lowest BCUT2D eigenvalue weighted by Gasteiger charge is -1.93. The van der Waals surface area contributed by atoms with Crippen molar-refractivity contribution in [1.29, 1.82) is 5.26 Å². The van der Waals surface area contributed by atoms with Gasteiger partial charge in [0.25, 0.3) is 0 Å². The van der Waals surface area contributed by atoms with Gasteiger partial charge in [0.1, 0.15) is 0 Å². The number of nitrogens with zero attached hydrogens (tertiary/aromatic N) is 2. The number of H-pyrrole nitrogens is 1. The lowest BCUT2D eigenvalue weighted by Crippen LogP contribution is -1.83. The third-order valence-corrected chi connectivity index (χ3v) is 2.76. The van der Waals surface area contributed by atoms with E-state index in [1.54, 1.807) is 0 Å². The molecule has 0 bridgehead atoms. The zero-order valence-electron chi connectivity index (χ0n) is 6.71. The molecular formula is C9H6IN3. The number of hydrogen-bond acceptors (Lipinski definition) is 2. The number of fused-ring (bicyclic) bond motifs is 1. The summed E-state index contributed by atoms with van der Waals surface area (Å²) >= 11 is 2.25. The molecule has 1 heterocycles. The molecule has 3 nitrogen and oxygen atoms in total. The number of hydrogen-bond donors (Lipinski definition) is 1. The summed E-state index contributed by atoms with van der Waals surface area (Å²) < 4.78 is 1.13. The van der Waals surface area contributed by atoms with Crippen LogP contribution in [0.5, 0.6) is 0 Å². The second-order valence-electron chi connectivity index (χ2n) is 2.67. The average molecular weight is 283 g/mol. The van der Waals surface area contributed by atoms with Crippen molar-refractivity contribution in [2.24, 2.45) is 0 Å². The van der Waals surface area contributed by atoms with Crippen LogP contribution in [0.3, 0.4) is 0 Å². The molecule has 0 aliphatic rings. The standard InChI is InChI=1S/C9H6IN3/c10-6-2-1-3-7-9(6)8(4-5-11)13-12-7/h1-3H,4H2,(H,12,13). The molecule has 0 amide bonds. The zero-order chi connectivity index (χ0) is 9.26. The average Bonchev–Trinajstić information content (AvgIpc) is 2.51. The van der Waals surface area contributed by atoms with Crippen LogP contribution in [0.15, 0.2) is 18.2 Å². The largest absolute Gasteiger partial charge is 0.280 e. The number of benzene rings is 1. The van der Waals surface area contributed by atoms with Crippen molar-refractivity contribution in [2.75, 3.05) is 0 Å². The van der Waals surface area contributed by atoms with Gasteiger partial charge in [-0.3, -0.25) is 5.10 Å². The number of nitriles is 1. The van der Waals surface area contributed by atoms with Gasteiger partial charge in [0.2, 0.25) is 0 Å². The SMILES string of the molecule is N#CCc1[nH]nc2cccc(I)c12. The minimum absolute atomic E-state index is 0.385. The number of aromatic amines is 1. The first-order valence-electron chi connectivity index (χ1n) is 3.81. The highest BCUT2D eigenvalue weighted by molar-refractivity contribution is 14.1. The number of rotatable bonds is 1. The Morgan fingerprint density at radius 2 is 2.38 bits per heavy atom. The van der Waals surface area contributed by atoms with Crippen LogP contribution in [-0.2, 0) is 6.42 Å². The van der Waals surface area contributed by atoms with Crippen LogP contribution in [0.25, 0.3) is 10.9 Å². The Labute approximate surface area is 88.9 Å². The third kappa shape index (κ3) is 1.40. The number of halogens is 1. The molecule has 0 radical (unpaired) electrons. The van der Waals surface area contributed by atoms with Crippen molar-refractivity contribution >= 4 is 33.5 Å². The van der Waals surface area contributed by atoms with E-state index >= 15 is 0 Å². The van der Waals surface area contributed by atoms with Gasteiger partial charge in [-0.05, 0) is 34.7 Å². The van der Waals surface area contributed by atoms with E-state index in [0.717, 1.165) is 20.2 Å². The fraction of sp³-hybridized carbons (Fsp3) is 0.111. The topological polar surface area (TPSA) is 52.5 Å². The van der Waals surface area contributed by atoms with Crippen LogP contribution in [0.2, 0.25) is 0 Å². The molecule has 0 saturated carbocycles. The molecule has 13 heavy (non-hydrogen) atoms. The maximum absolute atomic E-state index is 8.59. The van der Waals surface area contributed by atoms with E-state index in [1.165, 1.54) is 0 Å². The first kappa shape index (κ1) is 8.51. The second-order valence-corrected chi connectivity index (χ2v) is 3.83. The highest BCUT2D eigenvalue weighted by Gasteiger charge is 2.06. The van der Waals surface area contributed by atoms with E-state index in [9.17, 15) is 0 Å². The van der Waals surface area contributed by atoms with E-state index in [1.807, 2.05) is 18.2 Å². The van der Waals surface area contributed by atoms with Gasteiger partial charge in [-0.25, -0.2) is 0 Å². The van der Waals surface area contributed by atoms with Crippen molar-refractivity contribution in [3.05, 3.63) is 27.5 Å². The Bertz CT molecular complexity index is 481. The monoisotopic (exact) mass is 283 g/mol. The first-order chi connectivity index (χ1) is 6.33. The highest BCUT2D eigenvalue weighted by Crippen LogP contribution is 2.22. The van der Waals surface area contributed by atoms with Crippen LogP contribution in [0.4, 0.5) is 0 Å². The van der Waals surface area contributed by atoms with Crippen LogP contribution in [-0.4, -0.2) is 10.2 Å². The molecule has 0 fully saturated rings. The van der Waals surface area contributed by atoms with Crippen LogP contribution in [0, 0.1) is 14.9 Å². The van der Waals surface area contributed by atoms with Crippen molar-refractivity contribution in [1.82, 2.24) is 10.2 Å². The lowest BCUT2D eigenvalue weighted by atomic mass is 10.2. The normalized spacial score (nSPS) is 10.2. The van der Waals surface area contributed by atoms with E-state index in [4.69, 9.17) is 5.26 Å². The number of aromatic nitrogens is 2. The summed E-state index contributed by atoms with van der Waals surface area (Å²) in [5.74, 6) is 0. The highest BCUT2D eigenvalue weighted by atomic mass is 127. The van der Waals surface area contributed by atoms with E-state index < -0.39 is 0 Å².